The molecule has 0 spiro atoms. The number of benzene rings is 1. The molecule has 3 aliphatic rings. The molecule has 0 unspecified atom stereocenters. The summed E-state index contributed by atoms with van der Waals surface area (Å²) in [5, 5.41) is 43.6. The number of aromatic hydroxyl groups is 1. The zero-order valence-electron chi connectivity index (χ0n) is 19.3. The first-order chi connectivity index (χ1) is 16.3. The van der Waals surface area contributed by atoms with Gasteiger partial charge in [0, 0.05) is 23.8 Å². The number of aliphatic hydroxyl groups is 3. The van der Waals surface area contributed by atoms with Crippen molar-refractivity contribution in [1.29, 1.82) is 0 Å². The number of hydrogen-bond acceptors (Lipinski definition) is 10. The molecule has 11 heteroatoms. The SMILES string of the molecule is C[C@H]1c2cccc(O)c2C(=O)C2=C(O)[C@]3(O)C(=O)C(C(N)=O)=C(O)C[C@@H]3[C@@H](OC(=O)CN(C)C)[C@@H]21. The number of rotatable bonds is 4. The summed E-state index contributed by atoms with van der Waals surface area (Å²) in [4.78, 5) is 52.9. The van der Waals surface area contributed by atoms with E-state index in [9.17, 15) is 39.6 Å². The number of carbonyl (C=O) groups excluding carboxylic acids is 4. The molecule has 0 aromatic heterocycles. The minimum Gasteiger partial charge on any atom is -0.511 e. The summed E-state index contributed by atoms with van der Waals surface area (Å²) >= 11 is 0. The summed E-state index contributed by atoms with van der Waals surface area (Å²) in [7, 11) is 3.25. The maximum atomic E-state index is 13.5. The van der Waals surface area contributed by atoms with Gasteiger partial charge in [-0.2, -0.15) is 0 Å². The normalized spacial score (nSPS) is 30.1. The number of ether oxygens (including phenoxy) is 1. The Hall–Kier alpha value is -3.70. The number of phenolic OH excluding ortho intramolecular Hbond substituents is 1. The molecule has 5 atom stereocenters. The highest BCUT2D eigenvalue weighted by molar-refractivity contribution is 6.24. The number of amides is 1. The van der Waals surface area contributed by atoms with E-state index in [-0.39, 0.29) is 17.9 Å². The number of hydrogen-bond donors (Lipinski definition) is 5. The lowest BCUT2D eigenvalue weighted by atomic mass is 9.56. The number of esters is 1. The van der Waals surface area contributed by atoms with Gasteiger partial charge in [0.25, 0.3) is 5.91 Å². The molecule has 4 rings (SSSR count). The van der Waals surface area contributed by atoms with Crippen LogP contribution in [0.5, 0.6) is 5.75 Å². The Bertz CT molecular complexity index is 1230. The largest absolute Gasteiger partial charge is 0.511 e. The number of Topliss-reactive ketones (excluding diaryl/α,β-unsaturated/α-hetero) is 2. The fourth-order valence-electron chi connectivity index (χ4n) is 5.53. The molecule has 0 bridgehead atoms. The second kappa shape index (κ2) is 8.21. The number of fused-ring (bicyclic) bond motifs is 3. The van der Waals surface area contributed by atoms with Gasteiger partial charge in [0.05, 0.1) is 12.1 Å². The van der Waals surface area contributed by atoms with Crippen molar-refractivity contribution >= 4 is 23.4 Å². The van der Waals surface area contributed by atoms with Crippen molar-refractivity contribution in [2.75, 3.05) is 20.6 Å². The van der Waals surface area contributed by atoms with Gasteiger partial charge in [-0.1, -0.05) is 19.1 Å². The molecule has 1 amide bonds. The van der Waals surface area contributed by atoms with Crippen molar-refractivity contribution in [3.05, 3.63) is 52.0 Å². The summed E-state index contributed by atoms with van der Waals surface area (Å²) in [6.07, 6.45) is -1.88. The Morgan fingerprint density at radius 1 is 1.20 bits per heavy atom. The molecular weight excluding hydrogens is 460 g/mol. The molecule has 1 aromatic carbocycles. The van der Waals surface area contributed by atoms with E-state index in [1.807, 2.05) is 0 Å². The van der Waals surface area contributed by atoms with Gasteiger partial charge in [0.1, 0.15) is 28.9 Å². The highest BCUT2D eigenvalue weighted by Crippen LogP contribution is 2.55. The highest BCUT2D eigenvalue weighted by Gasteiger charge is 2.65. The van der Waals surface area contributed by atoms with Gasteiger partial charge in [-0.3, -0.25) is 24.1 Å². The van der Waals surface area contributed by atoms with Crippen molar-refractivity contribution in [3.63, 3.8) is 0 Å². The van der Waals surface area contributed by atoms with Crippen LogP contribution in [0, 0.1) is 11.8 Å². The van der Waals surface area contributed by atoms with Gasteiger partial charge in [0.2, 0.25) is 5.78 Å². The van der Waals surface area contributed by atoms with E-state index in [0.29, 0.717) is 5.56 Å². The van der Waals surface area contributed by atoms with Crippen molar-refractivity contribution in [1.82, 2.24) is 4.90 Å². The molecule has 11 nitrogen and oxygen atoms in total. The second-order valence-corrected chi connectivity index (χ2v) is 9.43. The van der Waals surface area contributed by atoms with Crippen LogP contribution in [-0.2, 0) is 19.1 Å². The van der Waals surface area contributed by atoms with E-state index in [0.717, 1.165) is 0 Å². The fraction of sp³-hybridized carbons (Fsp3) is 0.417. The number of allylic oxidation sites excluding steroid dienone is 1. The molecule has 0 fully saturated rings. The fourth-order valence-corrected chi connectivity index (χ4v) is 5.53. The molecule has 6 N–H and O–H groups in total. The number of primary amides is 1. The van der Waals surface area contributed by atoms with Gasteiger partial charge in [0.15, 0.2) is 11.4 Å². The number of likely N-dealkylation sites (N-methyl/N-ethyl adjacent to an activating group) is 1. The molecule has 1 aromatic rings. The van der Waals surface area contributed by atoms with Gasteiger partial charge in [-0.15, -0.1) is 0 Å². The average molecular weight is 486 g/mol. The Kier molecular flexibility index (Phi) is 5.73. The van der Waals surface area contributed by atoms with Crippen LogP contribution in [0.2, 0.25) is 0 Å². The zero-order valence-corrected chi connectivity index (χ0v) is 19.3. The van der Waals surface area contributed by atoms with Crippen LogP contribution >= 0.6 is 0 Å². The third kappa shape index (κ3) is 3.41. The molecule has 0 saturated carbocycles. The first-order valence-electron chi connectivity index (χ1n) is 11.0. The molecule has 186 valence electrons. The van der Waals surface area contributed by atoms with Crippen LogP contribution < -0.4 is 5.73 Å². The van der Waals surface area contributed by atoms with Crippen LogP contribution in [0.3, 0.4) is 0 Å². The number of nitrogens with zero attached hydrogens (tertiary/aromatic N) is 1. The first-order valence-corrected chi connectivity index (χ1v) is 11.0. The number of phenols is 1. The minimum atomic E-state index is -2.87. The van der Waals surface area contributed by atoms with E-state index in [1.165, 1.54) is 17.0 Å². The van der Waals surface area contributed by atoms with Crippen molar-refractivity contribution in [2.24, 2.45) is 17.6 Å². The lowest BCUT2D eigenvalue weighted by Gasteiger charge is -2.51. The monoisotopic (exact) mass is 486 g/mol. The predicted molar refractivity (Wildman–Crippen MR) is 119 cm³/mol. The summed E-state index contributed by atoms with van der Waals surface area (Å²) in [6.45, 7) is 1.52. The molecule has 35 heavy (non-hydrogen) atoms. The summed E-state index contributed by atoms with van der Waals surface area (Å²) in [5.41, 5.74) is 1.35. The van der Waals surface area contributed by atoms with Crippen molar-refractivity contribution in [2.45, 2.75) is 31.0 Å². The van der Waals surface area contributed by atoms with E-state index in [4.69, 9.17) is 10.5 Å². The third-order valence-corrected chi connectivity index (χ3v) is 7.05. The molecule has 0 saturated heterocycles. The quantitative estimate of drug-likeness (QED) is 0.291. The predicted octanol–water partition coefficient (Wildman–Crippen LogP) is 0.225. The van der Waals surface area contributed by atoms with Crippen LogP contribution in [0.25, 0.3) is 0 Å². The molecular formula is C24H26N2O9. The van der Waals surface area contributed by atoms with E-state index in [1.54, 1.807) is 27.1 Å². The third-order valence-electron chi connectivity index (χ3n) is 7.05. The van der Waals surface area contributed by atoms with E-state index >= 15 is 0 Å². The molecule has 3 aliphatic carbocycles. The second-order valence-electron chi connectivity index (χ2n) is 9.43. The van der Waals surface area contributed by atoms with Gasteiger partial charge in [-0.05, 0) is 31.6 Å². The first kappa shape index (κ1) is 24.4. The summed E-state index contributed by atoms with van der Waals surface area (Å²) in [6, 6.07) is 4.43. The lowest BCUT2D eigenvalue weighted by molar-refractivity contribution is -0.175. The van der Waals surface area contributed by atoms with Crippen molar-refractivity contribution in [3.8, 4) is 5.75 Å². The van der Waals surface area contributed by atoms with Crippen LogP contribution in [0.4, 0.5) is 0 Å². The Morgan fingerprint density at radius 2 is 1.86 bits per heavy atom. The number of aliphatic hydroxyl groups excluding tert-OH is 2. The number of ketones is 2. The summed E-state index contributed by atoms with van der Waals surface area (Å²) < 4.78 is 5.71. The Balaban J connectivity index is 1.99. The zero-order chi connectivity index (χ0) is 26.0. The molecule has 0 aliphatic heterocycles. The highest BCUT2D eigenvalue weighted by atomic mass is 16.5. The Morgan fingerprint density at radius 3 is 2.46 bits per heavy atom. The lowest BCUT2D eigenvalue weighted by Crippen LogP contribution is -2.63. The number of carbonyl (C=O) groups is 4. The van der Waals surface area contributed by atoms with Gasteiger partial charge >= 0.3 is 5.97 Å². The van der Waals surface area contributed by atoms with E-state index in [2.05, 4.69) is 0 Å². The van der Waals surface area contributed by atoms with Crippen LogP contribution in [0.15, 0.2) is 40.9 Å². The van der Waals surface area contributed by atoms with Crippen LogP contribution in [0.1, 0.15) is 35.2 Å². The molecule has 0 radical (unpaired) electrons. The average Bonchev–Trinajstić information content (AvgIpc) is 2.75. The number of nitrogens with two attached hydrogens (primary N) is 1. The molecule has 0 heterocycles. The van der Waals surface area contributed by atoms with Gasteiger partial charge in [-0.25, -0.2) is 0 Å². The Labute approximate surface area is 200 Å². The smallest absolute Gasteiger partial charge is 0.320 e. The van der Waals surface area contributed by atoms with E-state index < -0.39 is 82.0 Å². The van der Waals surface area contributed by atoms with Crippen LogP contribution in [-0.4, -0.2) is 81.1 Å². The maximum Gasteiger partial charge on any atom is 0.320 e. The standard InChI is InChI=1S/C24H26N2O9/c1-9-10-5-4-6-12(27)16(10)19(30)18-15(9)20(35-14(29)8-26(2)3)11-7-13(28)17(23(25)33)21(31)24(11,34)22(18)32/h4-6,9,11,15,20,27-28,32,34H,7-8H2,1-3H3,(H2,25,33)/t9-,11+,15+,20+,24+/m0/s1. The summed E-state index contributed by atoms with van der Waals surface area (Å²) in [5.74, 6) is -9.48. The van der Waals surface area contributed by atoms with Gasteiger partial charge < -0.3 is 30.9 Å². The topological polar surface area (TPSA) is 188 Å². The minimum absolute atomic E-state index is 0.116. The maximum absolute atomic E-state index is 13.5. The van der Waals surface area contributed by atoms with Crippen molar-refractivity contribution < 1.29 is 44.3 Å².